The Kier molecular flexibility index (Phi) is 3.00. The highest BCUT2D eigenvalue weighted by Gasteiger charge is 2.20. The Labute approximate surface area is 90.8 Å². The lowest BCUT2D eigenvalue weighted by Gasteiger charge is -2.08. The predicted molar refractivity (Wildman–Crippen MR) is 62.9 cm³/mol. The Morgan fingerprint density at radius 3 is 3.07 bits per heavy atom. The Balaban J connectivity index is 2.32. The summed E-state index contributed by atoms with van der Waals surface area (Å²) in [6, 6.07) is 6.53. The Bertz CT molecular complexity index is 390. The van der Waals surface area contributed by atoms with Gasteiger partial charge in [-0.25, -0.2) is 0 Å². The van der Waals surface area contributed by atoms with Crippen molar-refractivity contribution in [3.63, 3.8) is 0 Å². The van der Waals surface area contributed by atoms with Crippen molar-refractivity contribution in [2.45, 2.75) is 32.1 Å². The van der Waals surface area contributed by atoms with Crippen LogP contribution in [0.25, 0.3) is 6.08 Å². The van der Waals surface area contributed by atoms with Gasteiger partial charge in [0.1, 0.15) is 6.29 Å². The van der Waals surface area contributed by atoms with Gasteiger partial charge in [0, 0.05) is 0 Å². The molecule has 1 nitrogen and oxygen atoms in total. The number of carbonyl (C=O) groups excluding carboxylic acids is 1. The highest BCUT2D eigenvalue weighted by Crippen LogP contribution is 2.35. The molecule has 1 aliphatic carbocycles. The standard InChI is InChI=1S/C14H16O/c1-2-12-7-8-13-6-5-11(4-3-9-15)10-14(12)13/h3-6,9-10,12H,2,7-8H2,1H3. The number of fused-ring (bicyclic) bond motifs is 1. The van der Waals surface area contributed by atoms with E-state index >= 15 is 0 Å². The molecule has 15 heavy (non-hydrogen) atoms. The molecule has 0 radical (unpaired) electrons. The normalized spacial score (nSPS) is 19.4. The fraction of sp³-hybridized carbons (Fsp3) is 0.357. The Hall–Kier alpha value is -1.37. The predicted octanol–water partition coefficient (Wildman–Crippen LogP) is 3.34. The lowest BCUT2D eigenvalue weighted by Crippen LogP contribution is -1.91. The van der Waals surface area contributed by atoms with Crippen LogP contribution in [-0.2, 0) is 11.2 Å². The summed E-state index contributed by atoms with van der Waals surface area (Å²) in [5.74, 6) is 0.726. The minimum Gasteiger partial charge on any atom is -0.299 e. The van der Waals surface area contributed by atoms with Crippen LogP contribution >= 0.6 is 0 Å². The summed E-state index contributed by atoms with van der Waals surface area (Å²) >= 11 is 0. The van der Waals surface area contributed by atoms with E-state index in [1.54, 1.807) is 6.08 Å². The van der Waals surface area contributed by atoms with Gasteiger partial charge < -0.3 is 0 Å². The molecule has 78 valence electrons. The summed E-state index contributed by atoms with van der Waals surface area (Å²) in [5, 5.41) is 0. The van der Waals surface area contributed by atoms with Crippen LogP contribution in [0, 0.1) is 0 Å². The number of hydrogen-bond donors (Lipinski definition) is 0. The van der Waals surface area contributed by atoms with Crippen molar-refractivity contribution < 1.29 is 4.79 Å². The summed E-state index contributed by atoms with van der Waals surface area (Å²) in [4.78, 5) is 10.2. The second-order valence-electron chi connectivity index (χ2n) is 4.10. The van der Waals surface area contributed by atoms with Gasteiger partial charge >= 0.3 is 0 Å². The molecule has 0 N–H and O–H groups in total. The molecule has 0 aromatic heterocycles. The summed E-state index contributed by atoms with van der Waals surface area (Å²) in [6.07, 6.45) is 7.96. The monoisotopic (exact) mass is 200 g/mol. The van der Waals surface area contributed by atoms with E-state index in [0.29, 0.717) is 0 Å². The molecule has 0 heterocycles. The molecule has 1 atom stereocenters. The van der Waals surface area contributed by atoms with Gasteiger partial charge in [0.25, 0.3) is 0 Å². The molecule has 1 aromatic rings. The first-order chi connectivity index (χ1) is 7.35. The largest absolute Gasteiger partial charge is 0.299 e. The number of rotatable bonds is 3. The third-order valence-electron chi connectivity index (χ3n) is 3.23. The summed E-state index contributed by atoms with van der Waals surface area (Å²) < 4.78 is 0. The van der Waals surface area contributed by atoms with Gasteiger partial charge in [0.15, 0.2) is 0 Å². The lowest BCUT2D eigenvalue weighted by atomic mass is 9.97. The highest BCUT2D eigenvalue weighted by molar-refractivity contribution is 5.74. The molecule has 0 aliphatic heterocycles. The van der Waals surface area contributed by atoms with Crippen LogP contribution in [0.4, 0.5) is 0 Å². The van der Waals surface area contributed by atoms with Crippen molar-refractivity contribution in [2.24, 2.45) is 0 Å². The summed E-state index contributed by atoms with van der Waals surface area (Å²) in [5.41, 5.74) is 4.12. The van der Waals surface area contributed by atoms with Crippen LogP contribution in [0.15, 0.2) is 24.3 Å². The van der Waals surface area contributed by atoms with Crippen molar-refractivity contribution in [3.05, 3.63) is 41.0 Å². The van der Waals surface area contributed by atoms with Crippen LogP contribution in [0.5, 0.6) is 0 Å². The van der Waals surface area contributed by atoms with Crippen molar-refractivity contribution in [1.82, 2.24) is 0 Å². The highest BCUT2D eigenvalue weighted by atomic mass is 16.1. The molecule has 0 saturated heterocycles. The molecule has 1 heteroatoms. The second kappa shape index (κ2) is 4.43. The van der Waals surface area contributed by atoms with Crippen molar-refractivity contribution in [2.75, 3.05) is 0 Å². The second-order valence-corrected chi connectivity index (χ2v) is 4.10. The molecule has 0 fully saturated rings. The molecule has 1 aromatic carbocycles. The first-order valence-corrected chi connectivity index (χ1v) is 5.59. The maximum absolute atomic E-state index is 10.2. The van der Waals surface area contributed by atoms with E-state index in [0.717, 1.165) is 17.8 Å². The van der Waals surface area contributed by atoms with E-state index in [4.69, 9.17) is 0 Å². The molecule has 1 aliphatic rings. The minimum atomic E-state index is 0.726. The van der Waals surface area contributed by atoms with E-state index < -0.39 is 0 Å². The third kappa shape index (κ3) is 2.01. The first-order valence-electron chi connectivity index (χ1n) is 5.59. The molecular formula is C14H16O. The van der Waals surface area contributed by atoms with E-state index in [1.807, 2.05) is 6.08 Å². The zero-order chi connectivity index (χ0) is 10.7. The smallest absolute Gasteiger partial charge is 0.142 e. The molecular weight excluding hydrogens is 184 g/mol. The van der Waals surface area contributed by atoms with Gasteiger partial charge in [-0.2, -0.15) is 0 Å². The number of hydrogen-bond acceptors (Lipinski definition) is 1. The molecule has 2 rings (SSSR count). The van der Waals surface area contributed by atoms with Crippen LogP contribution in [0.1, 0.15) is 42.4 Å². The summed E-state index contributed by atoms with van der Waals surface area (Å²) in [6.45, 7) is 2.24. The molecule has 0 amide bonds. The van der Waals surface area contributed by atoms with E-state index in [-0.39, 0.29) is 0 Å². The summed E-state index contributed by atoms with van der Waals surface area (Å²) in [7, 11) is 0. The van der Waals surface area contributed by atoms with Crippen LogP contribution < -0.4 is 0 Å². The van der Waals surface area contributed by atoms with Gasteiger partial charge in [-0.05, 0) is 47.9 Å². The Morgan fingerprint density at radius 2 is 2.33 bits per heavy atom. The number of benzene rings is 1. The maximum atomic E-state index is 10.2. The van der Waals surface area contributed by atoms with Gasteiger partial charge in [0.05, 0.1) is 0 Å². The average Bonchev–Trinajstić information content (AvgIpc) is 2.68. The van der Waals surface area contributed by atoms with Crippen molar-refractivity contribution in [3.8, 4) is 0 Å². The zero-order valence-corrected chi connectivity index (χ0v) is 9.07. The van der Waals surface area contributed by atoms with Gasteiger partial charge in [-0.15, -0.1) is 0 Å². The number of aryl methyl sites for hydroxylation is 1. The molecule has 1 unspecified atom stereocenters. The molecule has 0 bridgehead atoms. The van der Waals surface area contributed by atoms with Crippen LogP contribution in [0.3, 0.4) is 0 Å². The Morgan fingerprint density at radius 1 is 1.47 bits per heavy atom. The topological polar surface area (TPSA) is 17.1 Å². The minimum absolute atomic E-state index is 0.726. The van der Waals surface area contributed by atoms with Gasteiger partial charge in [-0.3, -0.25) is 4.79 Å². The van der Waals surface area contributed by atoms with E-state index in [9.17, 15) is 4.79 Å². The fourth-order valence-corrected chi connectivity index (χ4v) is 2.38. The van der Waals surface area contributed by atoms with Gasteiger partial charge in [0.2, 0.25) is 0 Å². The fourth-order valence-electron chi connectivity index (χ4n) is 2.38. The van der Waals surface area contributed by atoms with E-state index in [1.165, 1.54) is 30.4 Å². The van der Waals surface area contributed by atoms with Crippen LogP contribution in [0.2, 0.25) is 0 Å². The number of carbonyl (C=O) groups is 1. The first kappa shape index (κ1) is 10.2. The lowest BCUT2D eigenvalue weighted by molar-refractivity contribution is -0.104. The number of aldehydes is 1. The van der Waals surface area contributed by atoms with Crippen molar-refractivity contribution in [1.29, 1.82) is 0 Å². The maximum Gasteiger partial charge on any atom is 0.142 e. The van der Waals surface area contributed by atoms with Gasteiger partial charge in [-0.1, -0.05) is 31.2 Å². The van der Waals surface area contributed by atoms with Crippen molar-refractivity contribution >= 4 is 12.4 Å². The van der Waals surface area contributed by atoms with Crippen LogP contribution in [-0.4, -0.2) is 6.29 Å². The average molecular weight is 200 g/mol. The van der Waals surface area contributed by atoms with E-state index in [2.05, 4.69) is 25.1 Å². The number of allylic oxidation sites excluding steroid dienone is 1. The molecule has 0 spiro atoms. The molecule has 0 saturated carbocycles. The quantitative estimate of drug-likeness (QED) is 0.540. The SMILES string of the molecule is CCC1CCc2ccc(C=CC=O)cc21. The zero-order valence-electron chi connectivity index (χ0n) is 9.07. The third-order valence-corrected chi connectivity index (χ3v) is 3.23.